The van der Waals surface area contributed by atoms with Crippen LogP contribution in [0.15, 0.2) is 30.5 Å². The first kappa shape index (κ1) is 18.6. The summed E-state index contributed by atoms with van der Waals surface area (Å²) in [5.74, 6) is 1.56. The predicted octanol–water partition coefficient (Wildman–Crippen LogP) is 6.52. The van der Waals surface area contributed by atoms with Crippen LogP contribution in [-0.4, -0.2) is 16.6 Å². The Morgan fingerprint density at radius 1 is 1.21 bits per heavy atom. The molecule has 1 aliphatic heterocycles. The Balaban J connectivity index is 1.85. The molecular formula is C25H26N2OS. The van der Waals surface area contributed by atoms with Crippen LogP contribution in [0.1, 0.15) is 42.5 Å². The van der Waals surface area contributed by atoms with Gasteiger partial charge in [-0.2, -0.15) is 0 Å². The maximum Gasteiger partial charge on any atom is 0.129 e. The molecule has 5 rings (SSSR count). The van der Waals surface area contributed by atoms with Crippen LogP contribution in [0, 0.1) is 12.8 Å². The lowest BCUT2D eigenvalue weighted by atomic mass is 9.90. The molecule has 148 valence electrons. The van der Waals surface area contributed by atoms with Crippen molar-refractivity contribution in [1.82, 2.24) is 9.97 Å². The highest BCUT2D eigenvalue weighted by atomic mass is 32.1. The van der Waals surface area contributed by atoms with Crippen molar-refractivity contribution >= 4 is 32.5 Å². The summed E-state index contributed by atoms with van der Waals surface area (Å²) in [6.45, 7) is 9.71. The van der Waals surface area contributed by atoms with E-state index in [2.05, 4.69) is 52.0 Å². The average molecular weight is 403 g/mol. The number of hydrogen-bond acceptors (Lipinski definition) is 4. The van der Waals surface area contributed by atoms with E-state index in [4.69, 9.17) is 14.7 Å². The quantitative estimate of drug-likeness (QED) is 0.390. The van der Waals surface area contributed by atoms with Gasteiger partial charge in [-0.25, -0.2) is 4.98 Å². The molecule has 0 amide bonds. The van der Waals surface area contributed by atoms with E-state index in [1.807, 2.05) is 17.5 Å². The number of hydrogen-bond donors (Lipinski definition) is 0. The zero-order valence-electron chi connectivity index (χ0n) is 17.5. The maximum absolute atomic E-state index is 5.95. The lowest BCUT2D eigenvalue weighted by Gasteiger charge is -2.21. The Morgan fingerprint density at radius 2 is 2.07 bits per heavy atom. The van der Waals surface area contributed by atoms with Crippen molar-refractivity contribution in [1.29, 1.82) is 0 Å². The van der Waals surface area contributed by atoms with Gasteiger partial charge in [0.15, 0.2) is 0 Å². The summed E-state index contributed by atoms with van der Waals surface area (Å²) in [4.78, 5) is 9.82. The zero-order chi connectivity index (χ0) is 20.1. The van der Waals surface area contributed by atoms with Gasteiger partial charge in [0.1, 0.15) is 5.75 Å². The summed E-state index contributed by atoms with van der Waals surface area (Å²) in [7, 11) is 0. The van der Waals surface area contributed by atoms with E-state index in [0.29, 0.717) is 5.92 Å². The van der Waals surface area contributed by atoms with E-state index in [1.165, 1.54) is 42.9 Å². The highest BCUT2D eigenvalue weighted by Gasteiger charge is 2.22. The second-order valence-electron chi connectivity index (χ2n) is 8.36. The molecule has 0 saturated heterocycles. The van der Waals surface area contributed by atoms with Crippen LogP contribution in [0.3, 0.4) is 0 Å². The summed E-state index contributed by atoms with van der Waals surface area (Å²) in [6.07, 6.45) is 4.91. The van der Waals surface area contributed by atoms with Gasteiger partial charge in [0.25, 0.3) is 0 Å². The molecule has 0 atom stereocenters. The number of aryl methyl sites for hydroxylation is 1. The van der Waals surface area contributed by atoms with Crippen molar-refractivity contribution in [3.63, 3.8) is 0 Å². The molecule has 3 nitrogen and oxygen atoms in total. The van der Waals surface area contributed by atoms with Gasteiger partial charge >= 0.3 is 0 Å². The fourth-order valence-electron chi connectivity index (χ4n) is 4.56. The lowest BCUT2D eigenvalue weighted by molar-refractivity contribution is 0.318. The minimum Gasteiger partial charge on any atom is -0.493 e. The molecule has 2 aromatic heterocycles. The standard InChI is InChI=1S/C25H26N2OS/c1-5-17-15(4)13-19-25(29-21(27-19)12-14(2)3)23(17)18-6-7-20-22-16(9-11-28-20)8-10-26-24(18)22/h6-8,10,13-14H,5,9,11-12H2,1-4H3. The van der Waals surface area contributed by atoms with Gasteiger partial charge in [-0.1, -0.05) is 20.8 Å². The van der Waals surface area contributed by atoms with E-state index in [-0.39, 0.29) is 0 Å². The third-order valence-electron chi connectivity index (χ3n) is 5.83. The molecule has 0 spiro atoms. The summed E-state index contributed by atoms with van der Waals surface area (Å²) in [5, 5.41) is 2.41. The number of nitrogens with zero attached hydrogens (tertiary/aromatic N) is 2. The van der Waals surface area contributed by atoms with Gasteiger partial charge in [0.05, 0.1) is 27.3 Å². The van der Waals surface area contributed by atoms with Gasteiger partial charge in [0.2, 0.25) is 0 Å². The Bertz CT molecular complexity index is 1230. The van der Waals surface area contributed by atoms with E-state index in [1.54, 1.807) is 0 Å². The summed E-state index contributed by atoms with van der Waals surface area (Å²) < 4.78 is 7.25. The number of aromatic nitrogens is 2. The van der Waals surface area contributed by atoms with E-state index in [9.17, 15) is 0 Å². The number of ether oxygens (including phenoxy) is 1. The smallest absolute Gasteiger partial charge is 0.129 e. The third-order valence-corrected chi connectivity index (χ3v) is 6.94. The second kappa shape index (κ2) is 7.10. The normalized spacial score (nSPS) is 13.4. The SMILES string of the molecule is CCc1c(C)cc2nc(CC(C)C)sc2c1-c1ccc2c3c(ccnc13)CCO2. The number of pyridine rings is 1. The minimum absolute atomic E-state index is 0.602. The Labute approximate surface area is 175 Å². The molecule has 0 saturated carbocycles. The molecule has 2 aromatic carbocycles. The number of thiazole rings is 1. The van der Waals surface area contributed by atoms with Crippen molar-refractivity contribution in [2.45, 2.75) is 47.0 Å². The topological polar surface area (TPSA) is 35.0 Å². The average Bonchev–Trinajstić information content (AvgIpc) is 3.09. The van der Waals surface area contributed by atoms with Crippen LogP contribution in [0.25, 0.3) is 32.2 Å². The number of fused-ring (bicyclic) bond motifs is 1. The first-order valence-corrected chi connectivity index (χ1v) is 11.3. The number of rotatable bonds is 4. The molecule has 0 unspecified atom stereocenters. The van der Waals surface area contributed by atoms with Gasteiger partial charge < -0.3 is 4.74 Å². The van der Waals surface area contributed by atoms with Crippen LogP contribution < -0.4 is 4.74 Å². The van der Waals surface area contributed by atoms with Crippen molar-refractivity contribution in [3.8, 4) is 16.9 Å². The molecular weight excluding hydrogens is 376 g/mol. The molecule has 4 heteroatoms. The molecule has 0 radical (unpaired) electrons. The van der Waals surface area contributed by atoms with Gasteiger partial charge in [0, 0.05) is 35.6 Å². The first-order chi connectivity index (χ1) is 14.1. The van der Waals surface area contributed by atoms with Gasteiger partial charge in [-0.3, -0.25) is 4.98 Å². The Hall–Kier alpha value is -2.46. The molecule has 4 aromatic rings. The molecule has 29 heavy (non-hydrogen) atoms. The van der Waals surface area contributed by atoms with Crippen molar-refractivity contribution < 1.29 is 4.74 Å². The lowest BCUT2D eigenvalue weighted by Crippen LogP contribution is -2.09. The van der Waals surface area contributed by atoms with Crippen molar-refractivity contribution in [3.05, 3.63) is 52.2 Å². The van der Waals surface area contributed by atoms with E-state index in [0.717, 1.165) is 42.7 Å². The summed E-state index contributed by atoms with van der Waals surface area (Å²) in [5.41, 5.74) is 8.75. The molecule has 3 heterocycles. The fraction of sp³-hybridized carbons (Fsp3) is 0.360. The van der Waals surface area contributed by atoms with Crippen LogP contribution in [0.2, 0.25) is 0 Å². The Kier molecular flexibility index (Phi) is 4.54. The largest absolute Gasteiger partial charge is 0.493 e. The van der Waals surface area contributed by atoms with Gasteiger partial charge in [-0.05, 0) is 60.2 Å². The first-order valence-electron chi connectivity index (χ1n) is 10.5. The zero-order valence-corrected chi connectivity index (χ0v) is 18.3. The third kappa shape index (κ3) is 3.01. The number of benzene rings is 2. The van der Waals surface area contributed by atoms with Crippen LogP contribution in [0.5, 0.6) is 5.75 Å². The molecule has 0 N–H and O–H groups in total. The van der Waals surface area contributed by atoms with Crippen LogP contribution >= 0.6 is 11.3 Å². The van der Waals surface area contributed by atoms with Crippen molar-refractivity contribution in [2.24, 2.45) is 5.92 Å². The molecule has 0 fully saturated rings. The van der Waals surface area contributed by atoms with E-state index >= 15 is 0 Å². The van der Waals surface area contributed by atoms with Gasteiger partial charge in [-0.15, -0.1) is 11.3 Å². The van der Waals surface area contributed by atoms with Crippen LogP contribution in [0.4, 0.5) is 0 Å². The van der Waals surface area contributed by atoms with E-state index < -0.39 is 0 Å². The summed E-state index contributed by atoms with van der Waals surface area (Å²) >= 11 is 1.85. The second-order valence-corrected chi connectivity index (χ2v) is 9.44. The fourth-order valence-corrected chi connectivity index (χ4v) is 5.90. The monoisotopic (exact) mass is 402 g/mol. The maximum atomic E-state index is 5.95. The van der Waals surface area contributed by atoms with Crippen molar-refractivity contribution in [2.75, 3.05) is 6.61 Å². The molecule has 0 aliphatic carbocycles. The highest BCUT2D eigenvalue weighted by molar-refractivity contribution is 7.19. The minimum atomic E-state index is 0.602. The highest BCUT2D eigenvalue weighted by Crippen LogP contribution is 2.43. The predicted molar refractivity (Wildman–Crippen MR) is 122 cm³/mol. The van der Waals surface area contributed by atoms with Crippen LogP contribution in [-0.2, 0) is 19.3 Å². The summed E-state index contributed by atoms with van der Waals surface area (Å²) in [6, 6.07) is 8.73. The molecule has 0 bridgehead atoms. The molecule has 1 aliphatic rings. The Morgan fingerprint density at radius 3 is 2.86 bits per heavy atom.